The zero-order valence-electron chi connectivity index (χ0n) is 21.2. The fourth-order valence-corrected chi connectivity index (χ4v) is 4.31. The first kappa shape index (κ1) is 27.1. The van der Waals surface area contributed by atoms with Gasteiger partial charge in [-0.25, -0.2) is 9.59 Å². The van der Waals surface area contributed by atoms with Gasteiger partial charge in [0, 0.05) is 52.3 Å². The number of carbonyl (C=O) groups is 4. The summed E-state index contributed by atoms with van der Waals surface area (Å²) in [6, 6.07) is 17.2. The molecule has 14 nitrogen and oxygen atoms in total. The highest BCUT2D eigenvalue weighted by atomic mass is 16.6. The highest BCUT2D eigenvalue weighted by Gasteiger charge is 2.33. The van der Waals surface area contributed by atoms with Crippen LogP contribution in [0, 0.1) is 20.2 Å². The van der Waals surface area contributed by atoms with E-state index in [4.69, 9.17) is 0 Å². The molecule has 4 amide bonds. The van der Waals surface area contributed by atoms with Crippen LogP contribution in [0.3, 0.4) is 0 Å². The minimum absolute atomic E-state index is 0.00524. The number of rotatable bonds is 6. The molecule has 0 unspecified atom stereocenters. The lowest BCUT2D eigenvalue weighted by molar-refractivity contribution is -0.385. The summed E-state index contributed by atoms with van der Waals surface area (Å²) in [5, 5.41) is 31.9. The van der Waals surface area contributed by atoms with Gasteiger partial charge in [-0.2, -0.15) is 0 Å². The highest BCUT2D eigenvalue weighted by Crippen LogP contribution is 2.37. The quantitative estimate of drug-likeness (QED) is 0.151. The van der Waals surface area contributed by atoms with Gasteiger partial charge in [0.05, 0.1) is 26.8 Å². The first-order chi connectivity index (χ1) is 20.1. The van der Waals surface area contributed by atoms with Gasteiger partial charge in [-0.3, -0.25) is 29.8 Å². The van der Waals surface area contributed by atoms with Crippen molar-refractivity contribution >= 4 is 57.8 Å². The molecule has 42 heavy (non-hydrogen) atoms. The Labute approximate surface area is 235 Å². The molecule has 0 fully saturated rings. The van der Waals surface area contributed by atoms with Gasteiger partial charge in [0.15, 0.2) is 11.6 Å². The van der Waals surface area contributed by atoms with Crippen LogP contribution >= 0.6 is 0 Å². The summed E-state index contributed by atoms with van der Waals surface area (Å²) >= 11 is 0. The fraction of sp³-hybridized carbons (Fsp3) is 0. The number of nitrogens with one attached hydrogen (secondary N) is 4. The van der Waals surface area contributed by atoms with E-state index in [9.17, 15) is 39.4 Å². The van der Waals surface area contributed by atoms with Gasteiger partial charge >= 0.3 is 12.1 Å². The summed E-state index contributed by atoms with van der Waals surface area (Å²) in [4.78, 5) is 73.3. The van der Waals surface area contributed by atoms with E-state index in [1.807, 2.05) is 0 Å². The summed E-state index contributed by atoms with van der Waals surface area (Å²) in [6.45, 7) is 0. The second kappa shape index (κ2) is 11.0. The van der Waals surface area contributed by atoms with E-state index in [0.29, 0.717) is 0 Å². The molecule has 1 aliphatic carbocycles. The average molecular weight is 566 g/mol. The molecule has 0 aliphatic heterocycles. The number of nitro groups is 2. The van der Waals surface area contributed by atoms with E-state index in [2.05, 4.69) is 21.3 Å². The van der Waals surface area contributed by atoms with Gasteiger partial charge in [-0.1, -0.05) is 24.3 Å². The Morgan fingerprint density at radius 3 is 1.52 bits per heavy atom. The highest BCUT2D eigenvalue weighted by molar-refractivity contribution is 6.31. The van der Waals surface area contributed by atoms with Crippen molar-refractivity contribution in [3.63, 3.8) is 0 Å². The van der Waals surface area contributed by atoms with Crippen molar-refractivity contribution in [2.24, 2.45) is 0 Å². The number of hydrogen-bond acceptors (Lipinski definition) is 8. The largest absolute Gasteiger partial charge is 0.323 e. The predicted molar refractivity (Wildman–Crippen MR) is 151 cm³/mol. The number of nitrogens with zero attached hydrogens (tertiary/aromatic N) is 2. The summed E-state index contributed by atoms with van der Waals surface area (Å²) in [5.74, 6) is -1.02. The molecule has 0 atom stereocenters. The Morgan fingerprint density at radius 2 is 1.02 bits per heavy atom. The molecule has 208 valence electrons. The lowest BCUT2D eigenvalue weighted by Gasteiger charge is -2.23. The number of ketones is 2. The molecular formula is C28H18N6O8. The molecule has 0 saturated heterocycles. The minimum atomic E-state index is -0.866. The molecule has 0 bridgehead atoms. The molecular weight excluding hydrogens is 548 g/mol. The van der Waals surface area contributed by atoms with Crippen LogP contribution in [0.25, 0.3) is 0 Å². The molecule has 1 aliphatic rings. The Morgan fingerprint density at radius 1 is 0.548 bits per heavy atom. The number of fused-ring (bicyclic) bond motifs is 2. The topological polar surface area (TPSA) is 203 Å². The van der Waals surface area contributed by atoms with Crippen LogP contribution in [0.1, 0.15) is 31.8 Å². The molecule has 0 spiro atoms. The van der Waals surface area contributed by atoms with Crippen molar-refractivity contribution in [1.29, 1.82) is 0 Å². The summed E-state index contributed by atoms with van der Waals surface area (Å²) in [6.07, 6.45) is 0. The number of anilines is 4. The van der Waals surface area contributed by atoms with Gasteiger partial charge in [0.25, 0.3) is 11.4 Å². The lowest BCUT2D eigenvalue weighted by Crippen LogP contribution is -2.28. The molecule has 4 N–H and O–H groups in total. The normalized spacial score (nSPS) is 11.5. The first-order valence-electron chi connectivity index (χ1n) is 12.1. The summed E-state index contributed by atoms with van der Waals surface area (Å²) < 4.78 is 0. The Hall–Kier alpha value is -6.44. The number of amides is 4. The van der Waals surface area contributed by atoms with Crippen molar-refractivity contribution in [2.75, 3.05) is 21.3 Å². The van der Waals surface area contributed by atoms with Crippen LogP contribution in [0.2, 0.25) is 0 Å². The van der Waals surface area contributed by atoms with Crippen LogP contribution < -0.4 is 21.3 Å². The summed E-state index contributed by atoms with van der Waals surface area (Å²) in [7, 11) is 0. The molecule has 5 rings (SSSR count). The van der Waals surface area contributed by atoms with E-state index >= 15 is 0 Å². The van der Waals surface area contributed by atoms with Crippen molar-refractivity contribution in [1.82, 2.24) is 0 Å². The second-order valence-electron chi connectivity index (χ2n) is 8.88. The van der Waals surface area contributed by atoms with Gasteiger partial charge in [0.1, 0.15) is 0 Å². The number of benzene rings is 4. The van der Waals surface area contributed by atoms with Crippen molar-refractivity contribution in [3.05, 3.63) is 127 Å². The maximum absolute atomic E-state index is 13.6. The zero-order chi connectivity index (χ0) is 30.0. The number of non-ortho nitro benzene ring substituents is 2. The molecule has 14 heteroatoms. The summed E-state index contributed by atoms with van der Waals surface area (Å²) in [5.41, 5.74) is 0.00969. The Balaban J connectivity index is 1.47. The van der Waals surface area contributed by atoms with Gasteiger partial charge in [0.2, 0.25) is 0 Å². The molecule has 0 radical (unpaired) electrons. The monoisotopic (exact) mass is 566 g/mol. The third-order valence-electron chi connectivity index (χ3n) is 6.25. The van der Waals surface area contributed by atoms with Crippen LogP contribution in [-0.4, -0.2) is 33.5 Å². The number of carbonyl (C=O) groups excluding carboxylic acids is 4. The molecule has 0 saturated carbocycles. The second-order valence-corrected chi connectivity index (χ2v) is 8.88. The lowest BCUT2D eigenvalue weighted by atomic mass is 9.83. The van der Waals surface area contributed by atoms with Crippen molar-refractivity contribution < 1.29 is 29.0 Å². The van der Waals surface area contributed by atoms with Crippen LogP contribution in [0.5, 0.6) is 0 Å². The minimum Gasteiger partial charge on any atom is -0.308 e. The van der Waals surface area contributed by atoms with Crippen molar-refractivity contribution in [3.8, 4) is 0 Å². The fourth-order valence-electron chi connectivity index (χ4n) is 4.31. The average Bonchev–Trinajstić information content (AvgIpc) is 2.97. The predicted octanol–water partition coefficient (Wildman–Crippen LogP) is 5.57. The molecule has 0 heterocycles. The molecule has 0 aromatic heterocycles. The maximum Gasteiger partial charge on any atom is 0.323 e. The van der Waals surface area contributed by atoms with Crippen LogP contribution in [0.4, 0.5) is 43.7 Å². The number of nitro benzene ring substituents is 2. The van der Waals surface area contributed by atoms with Gasteiger partial charge < -0.3 is 21.3 Å². The van der Waals surface area contributed by atoms with E-state index in [0.717, 1.165) is 0 Å². The third kappa shape index (κ3) is 5.35. The van der Waals surface area contributed by atoms with Crippen LogP contribution in [-0.2, 0) is 0 Å². The van der Waals surface area contributed by atoms with Gasteiger partial charge in [-0.05, 0) is 36.4 Å². The third-order valence-corrected chi connectivity index (χ3v) is 6.25. The maximum atomic E-state index is 13.6. The van der Waals surface area contributed by atoms with Crippen molar-refractivity contribution in [2.45, 2.75) is 0 Å². The smallest absolute Gasteiger partial charge is 0.308 e. The van der Waals surface area contributed by atoms with E-state index in [1.165, 1.54) is 72.8 Å². The van der Waals surface area contributed by atoms with Crippen LogP contribution in [0.15, 0.2) is 84.9 Å². The number of urea groups is 2. The molecule has 4 aromatic rings. The zero-order valence-corrected chi connectivity index (χ0v) is 21.2. The Bertz CT molecular complexity index is 1800. The van der Waals surface area contributed by atoms with E-state index in [1.54, 1.807) is 12.1 Å². The van der Waals surface area contributed by atoms with E-state index < -0.39 is 33.5 Å². The first-order valence-corrected chi connectivity index (χ1v) is 12.1. The Kier molecular flexibility index (Phi) is 7.09. The standard InChI is InChI=1S/C28H18N6O8/c35-25-19-3-1-2-4-20(19)26(36)23-21(25)13-14-22(31-27(37)29-15-5-9-17(10-6-15)33(39)40)24(23)32-28(38)30-16-7-11-18(12-8-16)34(41)42/h1-14H,(H2,29,31,37)(H2,30,32,38). The number of hydrogen-bond donors (Lipinski definition) is 4. The molecule has 4 aromatic carbocycles. The SMILES string of the molecule is O=C(Nc1ccc([N+](=O)[O-])cc1)Nc1ccc2c(c1NC(=O)Nc1ccc([N+](=O)[O-])cc1)C(=O)c1ccccc1C2=O. The van der Waals surface area contributed by atoms with E-state index in [-0.39, 0.29) is 56.4 Å². The van der Waals surface area contributed by atoms with Gasteiger partial charge in [-0.15, -0.1) is 0 Å².